The molecule has 2 N–H and O–H groups in total. The zero-order valence-corrected chi connectivity index (χ0v) is 12.6. The average Bonchev–Trinajstić information content (AvgIpc) is 2.41. The average molecular weight is 265 g/mol. The summed E-state index contributed by atoms with van der Waals surface area (Å²) in [4.78, 5) is 6.96. The number of rotatable bonds is 8. The number of methoxy groups -OCH3 is 1. The van der Waals surface area contributed by atoms with Gasteiger partial charge in [0.25, 0.3) is 0 Å². The predicted octanol–water partition coefficient (Wildman–Crippen LogP) is 2.14. The molecule has 19 heavy (non-hydrogen) atoms. The van der Waals surface area contributed by atoms with Crippen LogP contribution in [0.1, 0.15) is 31.4 Å². The molecule has 1 aromatic rings. The number of hydrogen-bond donors (Lipinski definition) is 1. The summed E-state index contributed by atoms with van der Waals surface area (Å²) in [5.41, 5.74) is 8.01. The highest BCUT2D eigenvalue weighted by Gasteiger charge is 2.16. The number of pyridine rings is 1. The van der Waals surface area contributed by atoms with Gasteiger partial charge in [0.15, 0.2) is 0 Å². The number of nitrogens with zero attached hydrogens (tertiary/aromatic N) is 2. The molecule has 1 heterocycles. The van der Waals surface area contributed by atoms with Gasteiger partial charge in [-0.2, -0.15) is 0 Å². The van der Waals surface area contributed by atoms with Crippen molar-refractivity contribution < 1.29 is 4.74 Å². The van der Waals surface area contributed by atoms with Crippen molar-refractivity contribution >= 4 is 5.82 Å². The molecule has 0 fully saturated rings. The number of aromatic nitrogens is 1. The molecule has 0 bridgehead atoms. The second kappa shape index (κ2) is 8.12. The molecule has 0 amide bonds. The molecular formula is C15H27N3O. The fraction of sp³-hybridized carbons (Fsp3) is 0.667. The fourth-order valence-corrected chi connectivity index (χ4v) is 2.17. The number of anilines is 1. The van der Waals surface area contributed by atoms with E-state index in [0.29, 0.717) is 12.6 Å². The van der Waals surface area contributed by atoms with Crippen molar-refractivity contribution in [2.24, 2.45) is 5.73 Å². The SMILES string of the molecule is CCC(C)N(CCOC)c1ncc(CCN)cc1C. The molecular weight excluding hydrogens is 238 g/mol. The van der Waals surface area contributed by atoms with Crippen LogP contribution in [0, 0.1) is 6.92 Å². The summed E-state index contributed by atoms with van der Waals surface area (Å²) in [5.74, 6) is 1.06. The first-order valence-corrected chi connectivity index (χ1v) is 7.05. The highest BCUT2D eigenvalue weighted by molar-refractivity contribution is 5.48. The van der Waals surface area contributed by atoms with Gasteiger partial charge < -0.3 is 15.4 Å². The maximum atomic E-state index is 5.59. The molecule has 108 valence electrons. The number of ether oxygens (including phenoxy) is 1. The van der Waals surface area contributed by atoms with Crippen LogP contribution in [0.4, 0.5) is 5.82 Å². The van der Waals surface area contributed by atoms with Crippen LogP contribution in [0.25, 0.3) is 0 Å². The molecule has 0 spiro atoms. The predicted molar refractivity (Wildman–Crippen MR) is 80.7 cm³/mol. The van der Waals surface area contributed by atoms with Gasteiger partial charge in [0.1, 0.15) is 5.82 Å². The van der Waals surface area contributed by atoms with Gasteiger partial charge in [-0.25, -0.2) is 4.98 Å². The Morgan fingerprint density at radius 2 is 2.21 bits per heavy atom. The van der Waals surface area contributed by atoms with Crippen LogP contribution in [-0.2, 0) is 11.2 Å². The van der Waals surface area contributed by atoms with Gasteiger partial charge in [0.05, 0.1) is 6.61 Å². The van der Waals surface area contributed by atoms with Gasteiger partial charge in [0.2, 0.25) is 0 Å². The summed E-state index contributed by atoms with van der Waals surface area (Å²) in [7, 11) is 1.74. The van der Waals surface area contributed by atoms with E-state index in [2.05, 4.69) is 36.7 Å². The normalized spacial score (nSPS) is 12.5. The lowest BCUT2D eigenvalue weighted by Gasteiger charge is -2.30. The Bertz CT molecular complexity index is 382. The Morgan fingerprint density at radius 3 is 2.74 bits per heavy atom. The summed E-state index contributed by atoms with van der Waals surface area (Å²) in [6.45, 7) is 8.79. The summed E-state index contributed by atoms with van der Waals surface area (Å²) < 4.78 is 5.20. The molecule has 0 aromatic carbocycles. The minimum Gasteiger partial charge on any atom is -0.383 e. The van der Waals surface area contributed by atoms with Crippen LogP contribution in [0.15, 0.2) is 12.3 Å². The number of aryl methyl sites for hydroxylation is 1. The Morgan fingerprint density at radius 1 is 1.47 bits per heavy atom. The smallest absolute Gasteiger partial charge is 0.131 e. The van der Waals surface area contributed by atoms with Gasteiger partial charge >= 0.3 is 0 Å². The molecule has 4 heteroatoms. The third-order valence-electron chi connectivity index (χ3n) is 3.47. The first kappa shape index (κ1) is 15.9. The topological polar surface area (TPSA) is 51.4 Å². The van der Waals surface area contributed by atoms with Crippen LogP contribution in [0.5, 0.6) is 0 Å². The van der Waals surface area contributed by atoms with E-state index < -0.39 is 0 Å². The summed E-state index contributed by atoms with van der Waals surface area (Å²) in [5, 5.41) is 0. The fourth-order valence-electron chi connectivity index (χ4n) is 2.17. The molecule has 1 rings (SSSR count). The van der Waals surface area contributed by atoms with Crippen molar-refractivity contribution in [1.82, 2.24) is 4.98 Å². The van der Waals surface area contributed by atoms with Gasteiger partial charge in [-0.1, -0.05) is 13.0 Å². The molecule has 0 aliphatic heterocycles. The van der Waals surface area contributed by atoms with Crippen molar-refractivity contribution in [1.29, 1.82) is 0 Å². The van der Waals surface area contributed by atoms with Crippen LogP contribution >= 0.6 is 0 Å². The largest absolute Gasteiger partial charge is 0.383 e. The Balaban J connectivity index is 2.94. The lowest BCUT2D eigenvalue weighted by molar-refractivity contribution is 0.203. The first-order chi connectivity index (χ1) is 9.13. The molecule has 0 radical (unpaired) electrons. The van der Waals surface area contributed by atoms with E-state index in [1.807, 2.05) is 6.20 Å². The second-order valence-corrected chi connectivity index (χ2v) is 4.97. The first-order valence-electron chi connectivity index (χ1n) is 7.05. The van der Waals surface area contributed by atoms with E-state index >= 15 is 0 Å². The van der Waals surface area contributed by atoms with Gasteiger partial charge in [-0.05, 0) is 44.4 Å². The summed E-state index contributed by atoms with van der Waals surface area (Å²) in [6.07, 6.45) is 3.92. The lowest BCUT2D eigenvalue weighted by atomic mass is 10.1. The summed E-state index contributed by atoms with van der Waals surface area (Å²) >= 11 is 0. The van der Waals surface area contributed by atoms with Crippen LogP contribution in [0.2, 0.25) is 0 Å². The van der Waals surface area contributed by atoms with Crippen molar-refractivity contribution in [3.8, 4) is 0 Å². The van der Waals surface area contributed by atoms with Crippen molar-refractivity contribution in [2.45, 2.75) is 39.7 Å². The van der Waals surface area contributed by atoms with E-state index in [4.69, 9.17) is 10.5 Å². The van der Waals surface area contributed by atoms with Crippen LogP contribution < -0.4 is 10.6 Å². The van der Waals surface area contributed by atoms with E-state index in [1.165, 1.54) is 11.1 Å². The van der Waals surface area contributed by atoms with Crippen molar-refractivity contribution in [3.63, 3.8) is 0 Å². The third-order valence-corrected chi connectivity index (χ3v) is 3.47. The van der Waals surface area contributed by atoms with Gasteiger partial charge in [-0.15, -0.1) is 0 Å². The van der Waals surface area contributed by atoms with E-state index in [1.54, 1.807) is 7.11 Å². The van der Waals surface area contributed by atoms with Gasteiger partial charge in [0, 0.05) is 25.9 Å². The molecule has 0 aliphatic carbocycles. The maximum Gasteiger partial charge on any atom is 0.131 e. The van der Waals surface area contributed by atoms with Crippen molar-refractivity contribution in [3.05, 3.63) is 23.4 Å². The number of hydrogen-bond acceptors (Lipinski definition) is 4. The Kier molecular flexibility index (Phi) is 6.81. The molecule has 0 saturated carbocycles. The third kappa shape index (κ3) is 4.48. The Labute approximate surface area is 117 Å². The number of nitrogens with two attached hydrogens (primary N) is 1. The quantitative estimate of drug-likeness (QED) is 0.782. The molecule has 1 atom stereocenters. The molecule has 4 nitrogen and oxygen atoms in total. The van der Waals surface area contributed by atoms with Crippen molar-refractivity contribution in [2.75, 3.05) is 31.7 Å². The van der Waals surface area contributed by atoms with Crippen LogP contribution in [-0.4, -0.2) is 37.8 Å². The highest BCUT2D eigenvalue weighted by atomic mass is 16.5. The van der Waals surface area contributed by atoms with Crippen LogP contribution in [0.3, 0.4) is 0 Å². The minimum absolute atomic E-state index is 0.460. The zero-order chi connectivity index (χ0) is 14.3. The standard InChI is InChI=1S/C15H27N3O/c1-5-13(3)18(8-9-19-4)15-12(2)10-14(6-7-16)11-17-15/h10-11,13H,5-9,16H2,1-4H3. The van der Waals surface area contributed by atoms with E-state index in [0.717, 1.165) is 31.8 Å². The Hall–Kier alpha value is -1.13. The highest BCUT2D eigenvalue weighted by Crippen LogP contribution is 2.21. The lowest BCUT2D eigenvalue weighted by Crippen LogP contribution is -2.36. The monoisotopic (exact) mass is 265 g/mol. The zero-order valence-electron chi connectivity index (χ0n) is 12.6. The summed E-state index contributed by atoms with van der Waals surface area (Å²) in [6, 6.07) is 2.65. The molecule has 0 aliphatic rings. The minimum atomic E-state index is 0.460. The second-order valence-electron chi connectivity index (χ2n) is 4.97. The maximum absolute atomic E-state index is 5.59. The van der Waals surface area contributed by atoms with E-state index in [-0.39, 0.29) is 0 Å². The van der Waals surface area contributed by atoms with Gasteiger partial charge in [-0.3, -0.25) is 0 Å². The van der Waals surface area contributed by atoms with E-state index in [9.17, 15) is 0 Å². The molecule has 1 unspecified atom stereocenters. The molecule has 1 aromatic heterocycles. The molecule has 0 saturated heterocycles.